The Balaban J connectivity index is 2.25. The third kappa shape index (κ3) is 2.74. The molecule has 0 radical (unpaired) electrons. The highest BCUT2D eigenvalue weighted by molar-refractivity contribution is 7.89. The Kier molecular flexibility index (Phi) is 3.81. The summed E-state index contributed by atoms with van der Waals surface area (Å²) in [6.07, 6.45) is 0.638. The van der Waals surface area contributed by atoms with Gasteiger partial charge < -0.3 is 5.21 Å². The van der Waals surface area contributed by atoms with E-state index in [2.05, 4.69) is 5.16 Å². The van der Waals surface area contributed by atoms with E-state index >= 15 is 0 Å². The Bertz CT molecular complexity index is 606. The van der Waals surface area contributed by atoms with Crippen LogP contribution >= 0.6 is 0 Å². The Morgan fingerprint density at radius 2 is 1.79 bits per heavy atom. The average Bonchev–Trinajstić information content (AvgIpc) is 2.41. The Morgan fingerprint density at radius 1 is 1.16 bits per heavy atom. The first-order valence-corrected chi connectivity index (χ1v) is 7.04. The smallest absolute Gasteiger partial charge is 0.243 e. The first-order valence-electron chi connectivity index (χ1n) is 5.60. The highest BCUT2D eigenvalue weighted by atomic mass is 32.2. The number of rotatable bonds is 2. The molecule has 1 aromatic rings. The summed E-state index contributed by atoms with van der Waals surface area (Å²) in [5.41, 5.74) is 0.525. The van der Waals surface area contributed by atoms with Crippen LogP contribution in [0.15, 0.2) is 28.3 Å². The minimum Gasteiger partial charge on any atom is -0.411 e. The summed E-state index contributed by atoms with van der Waals surface area (Å²) in [5.74, 6) is -2.29. The van der Waals surface area contributed by atoms with Crippen molar-refractivity contribution in [1.82, 2.24) is 4.31 Å². The second kappa shape index (κ2) is 5.22. The molecule has 0 saturated carbocycles. The molecule has 0 aliphatic carbocycles. The van der Waals surface area contributed by atoms with Crippen LogP contribution < -0.4 is 0 Å². The fourth-order valence-corrected chi connectivity index (χ4v) is 3.32. The van der Waals surface area contributed by atoms with Crippen LogP contribution in [0.5, 0.6) is 0 Å². The van der Waals surface area contributed by atoms with Gasteiger partial charge in [0.15, 0.2) is 11.6 Å². The van der Waals surface area contributed by atoms with E-state index in [0.717, 1.165) is 16.4 Å². The predicted molar refractivity (Wildman–Crippen MR) is 63.6 cm³/mol. The number of nitrogens with zero attached hydrogens (tertiary/aromatic N) is 2. The van der Waals surface area contributed by atoms with Gasteiger partial charge in [0.05, 0.1) is 10.6 Å². The van der Waals surface area contributed by atoms with Crippen LogP contribution in [0.25, 0.3) is 0 Å². The van der Waals surface area contributed by atoms with Crippen molar-refractivity contribution in [1.29, 1.82) is 0 Å². The standard InChI is InChI=1S/C11H12F2N2O3S/c12-10-2-1-9(7-11(10)13)19(17,18)15-5-3-8(14-16)4-6-15/h1-2,7,16H,3-6H2. The normalized spacial score (nSPS) is 17.5. The Hall–Kier alpha value is -1.54. The van der Waals surface area contributed by atoms with Gasteiger partial charge in [0.25, 0.3) is 0 Å². The summed E-state index contributed by atoms with van der Waals surface area (Å²) in [7, 11) is -3.84. The van der Waals surface area contributed by atoms with Gasteiger partial charge in [-0.05, 0) is 18.2 Å². The largest absolute Gasteiger partial charge is 0.411 e. The highest BCUT2D eigenvalue weighted by Crippen LogP contribution is 2.21. The molecule has 1 saturated heterocycles. The fourth-order valence-electron chi connectivity index (χ4n) is 1.87. The van der Waals surface area contributed by atoms with E-state index in [1.165, 1.54) is 0 Å². The van der Waals surface area contributed by atoms with Gasteiger partial charge in [0.2, 0.25) is 10.0 Å². The van der Waals surface area contributed by atoms with Crippen LogP contribution in [-0.2, 0) is 10.0 Å². The molecule has 0 amide bonds. The first-order chi connectivity index (χ1) is 8.95. The molecule has 1 heterocycles. The third-order valence-electron chi connectivity index (χ3n) is 2.97. The quantitative estimate of drug-likeness (QED) is 0.664. The SMILES string of the molecule is O=S(=O)(c1ccc(F)c(F)c1)N1CCC(=NO)CC1. The topological polar surface area (TPSA) is 70.0 Å². The van der Waals surface area contributed by atoms with Gasteiger partial charge in [0, 0.05) is 25.9 Å². The monoisotopic (exact) mass is 290 g/mol. The molecular formula is C11H12F2N2O3S. The van der Waals surface area contributed by atoms with Crippen molar-refractivity contribution >= 4 is 15.7 Å². The molecular weight excluding hydrogens is 278 g/mol. The summed E-state index contributed by atoms with van der Waals surface area (Å²) in [6.45, 7) is 0.307. The van der Waals surface area contributed by atoms with Gasteiger partial charge in [-0.3, -0.25) is 0 Å². The van der Waals surface area contributed by atoms with Crippen LogP contribution in [0.4, 0.5) is 8.78 Å². The van der Waals surface area contributed by atoms with Gasteiger partial charge in [-0.1, -0.05) is 5.16 Å². The van der Waals surface area contributed by atoms with Crippen LogP contribution in [0.2, 0.25) is 0 Å². The van der Waals surface area contributed by atoms with E-state index in [9.17, 15) is 17.2 Å². The molecule has 1 aliphatic heterocycles. The van der Waals surface area contributed by atoms with Crippen molar-refractivity contribution in [3.63, 3.8) is 0 Å². The van der Waals surface area contributed by atoms with Crippen molar-refractivity contribution in [2.45, 2.75) is 17.7 Å². The highest BCUT2D eigenvalue weighted by Gasteiger charge is 2.28. The van der Waals surface area contributed by atoms with E-state index < -0.39 is 21.7 Å². The molecule has 5 nitrogen and oxygen atoms in total. The number of oxime groups is 1. The number of hydrogen-bond acceptors (Lipinski definition) is 4. The summed E-state index contributed by atoms with van der Waals surface area (Å²) in [5, 5.41) is 11.6. The second-order valence-electron chi connectivity index (χ2n) is 4.15. The average molecular weight is 290 g/mol. The van der Waals surface area contributed by atoms with Crippen LogP contribution in [0.1, 0.15) is 12.8 Å². The minimum absolute atomic E-state index is 0.153. The van der Waals surface area contributed by atoms with E-state index in [4.69, 9.17) is 5.21 Å². The molecule has 2 rings (SSSR count). The molecule has 104 valence electrons. The minimum atomic E-state index is -3.84. The zero-order chi connectivity index (χ0) is 14.0. The van der Waals surface area contributed by atoms with Crippen molar-refractivity contribution in [3.05, 3.63) is 29.8 Å². The maximum atomic E-state index is 13.1. The van der Waals surface area contributed by atoms with Gasteiger partial charge in [-0.25, -0.2) is 17.2 Å². The number of benzene rings is 1. The Labute approximate surface area is 109 Å². The predicted octanol–water partition coefficient (Wildman–Crippen LogP) is 1.58. The van der Waals surface area contributed by atoms with Crippen molar-refractivity contribution in [3.8, 4) is 0 Å². The molecule has 8 heteroatoms. The molecule has 1 aromatic carbocycles. The number of sulfonamides is 1. The molecule has 19 heavy (non-hydrogen) atoms. The number of piperidine rings is 1. The summed E-state index contributed by atoms with van der Waals surface area (Å²) in [6, 6.07) is 2.48. The Morgan fingerprint density at radius 3 is 2.32 bits per heavy atom. The molecule has 0 atom stereocenters. The first kappa shape index (κ1) is 13.9. The summed E-state index contributed by atoms with van der Waals surface area (Å²) >= 11 is 0. The van der Waals surface area contributed by atoms with E-state index in [1.54, 1.807) is 0 Å². The lowest BCUT2D eigenvalue weighted by molar-refractivity contribution is 0.309. The van der Waals surface area contributed by atoms with E-state index in [0.29, 0.717) is 24.6 Å². The molecule has 1 fully saturated rings. The third-order valence-corrected chi connectivity index (χ3v) is 4.86. The van der Waals surface area contributed by atoms with E-state index in [-0.39, 0.29) is 18.0 Å². The molecule has 0 bridgehead atoms. The van der Waals surface area contributed by atoms with Crippen molar-refractivity contribution in [2.24, 2.45) is 5.16 Å². The molecule has 0 unspecified atom stereocenters. The molecule has 0 aromatic heterocycles. The zero-order valence-electron chi connectivity index (χ0n) is 9.88. The maximum absolute atomic E-state index is 13.1. The van der Waals surface area contributed by atoms with E-state index in [1.807, 2.05) is 0 Å². The molecule has 1 N–H and O–H groups in total. The van der Waals surface area contributed by atoms with Crippen molar-refractivity contribution in [2.75, 3.05) is 13.1 Å². The number of halogens is 2. The lowest BCUT2D eigenvalue weighted by Gasteiger charge is -2.26. The maximum Gasteiger partial charge on any atom is 0.243 e. The lowest BCUT2D eigenvalue weighted by Crippen LogP contribution is -2.38. The summed E-state index contributed by atoms with van der Waals surface area (Å²) < 4.78 is 51.4. The molecule has 0 spiro atoms. The number of hydrogen-bond donors (Lipinski definition) is 1. The second-order valence-corrected chi connectivity index (χ2v) is 6.08. The van der Waals surface area contributed by atoms with Crippen molar-refractivity contribution < 1.29 is 22.4 Å². The zero-order valence-corrected chi connectivity index (χ0v) is 10.7. The van der Waals surface area contributed by atoms with Crippen LogP contribution in [0, 0.1) is 11.6 Å². The van der Waals surface area contributed by atoms with Gasteiger partial charge in [-0.2, -0.15) is 4.31 Å². The van der Waals surface area contributed by atoms with Gasteiger partial charge in [0.1, 0.15) is 0 Å². The van der Waals surface area contributed by atoms with Crippen LogP contribution in [-0.4, -0.2) is 36.7 Å². The van der Waals surface area contributed by atoms with Gasteiger partial charge >= 0.3 is 0 Å². The van der Waals surface area contributed by atoms with Crippen LogP contribution in [0.3, 0.4) is 0 Å². The fraction of sp³-hybridized carbons (Fsp3) is 0.364. The van der Waals surface area contributed by atoms with Gasteiger partial charge in [-0.15, -0.1) is 0 Å². The summed E-state index contributed by atoms with van der Waals surface area (Å²) in [4.78, 5) is -0.282. The lowest BCUT2D eigenvalue weighted by atomic mass is 10.1. The molecule has 1 aliphatic rings.